The highest BCUT2D eigenvalue weighted by molar-refractivity contribution is 7.92. The molecule has 0 radical (unpaired) electrons. The molecular weight excluding hydrogens is 398 g/mol. The van der Waals surface area contributed by atoms with E-state index in [1.165, 1.54) is 10.6 Å². The predicted octanol–water partition coefficient (Wildman–Crippen LogP) is 3.49. The number of sulfonamides is 1. The first-order valence-corrected chi connectivity index (χ1v) is 12.1. The normalized spacial score (nSPS) is 11.2. The summed E-state index contributed by atoms with van der Waals surface area (Å²) in [5.74, 6) is -0.0493. The smallest absolute Gasteiger partial charge is 0.232 e. The first kappa shape index (κ1) is 23.7. The second-order valence-corrected chi connectivity index (χ2v) is 9.53. The molecule has 0 saturated heterocycles. The Hall–Kier alpha value is -2.54. The van der Waals surface area contributed by atoms with Crippen molar-refractivity contribution in [3.8, 4) is 0 Å². The van der Waals surface area contributed by atoms with Crippen LogP contribution in [0.3, 0.4) is 0 Å². The molecule has 0 bridgehead atoms. The zero-order chi connectivity index (χ0) is 22.1. The monoisotopic (exact) mass is 431 g/mol. The molecule has 6 nitrogen and oxygen atoms in total. The zero-order valence-electron chi connectivity index (χ0n) is 18.4. The van der Waals surface area contributed by atoms with Crippen molar-refractivity contribution in [1.29, 1.82) is 0 Å². The van der Waals surface area contributed by atoms with Crippen LogP contribution in [0.2, 0.25) is 0 Å². The minimum atomic E-state index is -3.42. The van der Waals surface area contributed by atoms with Crippen molar-refractivity contribution in [3.05, 3.63) is 59.7 Å². The Bertz CT molecular complexity index is 930. The van der Waals surface area contributed by atoms with Crippen LogP contribution in [0, 0.1) is 13.8 Å². The molecule has 1 N–H and O–H groups in total. The molecule has 0 aliphatic carbocycles. The fourth-order valence-electron chi connectivity index (χ4n) is 3.30. The van der Waals surface area contributed by atoms with Gasteiger partial charge in [-0.1, -0.05) is 30.3 Å². The second kappa shape index (κ2) is 11.0. The summed E-state index contributed by atoms with van der Waals surface area (Å²) in [5, 5.41) is 2.93. The average molecular weight is 432 g/mol. The third-order valence-corrected chi connectivity index (χ3v) is 6.38. The SMILES string of the molecule is Cc1cccc(N(CCCC(=O)NCCCN(C)c2ccccc2)S(C)(=O)=O)c1C. The third kappa shape index (κ3) is 7.06. The molecule has 2 aromatic rings. The van der Waals surface area contributed by atoms with Crippen molar-refractivity contribution < 1.29 is 13.2 Å². The second-order valence-electron chi connectivity index (χ2n) is 7.62. The van der Waals surface area contributed by atoms with E-state index in [1.807, 2.05) is 57.3 Å². The molecule has 0 unspecified atom stereocenters. The number of aryl methyl sites for hydroxylation is 1. The summed E-state index contributed by atoms with van der Waals surface area (Å²) in [6.07, 6.45) is 2.81. The van der Waals surface area contributed by atoms with E-state index in [-0.39, 0.29) is 12.5 Å². The summed E-state index contributed by atoms with van der Waals surface area (Å²) < 4.78 is 26.0. The molecule has 0 atom stereocenters. The maximum Gasteiger partial charge on any atom is 0.232 e. The van der Waals surface area contributed by atoms with Crippen molar-refractivity contribution in [2.45, 2.75) is 33.1 Å². The lowest BCUT2D eigenvalue weighted by atomic mass is 10.1. The number of hydrogen-bond acceptors (Lipinski definition) is 4. The van der Waals surface area contributed by atoms with Crippen LogP contribution in [0.25, 0.3) is 0 Å². The fourth-order valence-corrected chi connectivity index (χ4v) is 4.31. The lowest BCUT2D eigenvalue weighted by Crippen LogP contribution is -2.33. The number of rotatable bonds is 11. The lowest BCUT2D eigenvalue weighted by Gasteiger charge is -2.25. The molecule has 0 aliphatic heterocycles. The van der Waals surface area contributed by atoms with Gasteiger partial charge in [0.15, 0.2) is 0 Å². The minimum absolute atomic E-state index is 0.0493. The molecule has 164 valence electrons. The highest BCUT2D eigenvalue weighted by atomic mass is 32.2. The number of benzene rings is 2. The van der Waals surface area contributed by atoms with Gasteiger partial charge in [0, 0.05) is 38.8 Å². The number of hydrogen-bond donors (Lipinski definition) is 1. The van der Waals surface area contributed by atoms with Crippen molar-refractivity contribution >= 4 is 27.3 Å². The molecule has 2 rings (SSSR count). The number of nitrogens with zero attached hydrogens (tertiary/aromatic N) is 2. The number of para-hydroxylation sites is 1. The van der Waals surface area contributed by atoms with Gasteiger partial charge in [-0.2, -0.15) is 0 Å². The van der Waals surface area contributed by atoms with Gasteiger partial charge in [-0.25, -0.2) is 8.42 Å². The van der Waals surface area contributed by atoms with E-state index in [4.69, 9.17) is 0 Å². The molecule has 2 aromatic carbocycles. The van der Waals surface area contributed by atoms with E-state index in [0.29, 0.717) is 25.1 Å². The third-order valence-electron chi connectivity index (χ3n) is 5.20. The van der Waals surface area contributed by atoms with Crippen molar-refractivity contribution in [3.63, 3.8) is 0 Å². The van der Waals surface area contributed by atoms with Crippen LogP contribution in [0.15, 0.2) is 48.5 Å². The van der Waals surface area contributed by atoms with Gasteiger partial charge in [0.2, 0.25) is 15.9 Å². The molecule has 0 spiro atoms. The Balaban J connectivity index is 1.77. The van der Waals surface area contributed by atoms with Gasteiger partial charge in [0.1, 0.15) is 0 Å². The van der Waals surface area contributed by atoms with Crippen molar-refractivity contribution in [2.75, 3.05) is 42.1 Å². The lowest BCUT2D eigenvalue weighted by molar-refractivity contribution is -0.121. The highest BCUT2D eigenvalue weighted by Crippen LogP contribution is 2.25. The Kier molecular flexibility index (Phi) is 8.72. The van der Waals surface area contributed by atoms with Gasteiger partial charge < -0.3 is 10.2 Å². The van der Waals surface area contributed by atoms with Crippen molar-refractivity contribution in [1.82, 2.24) is 5.32 Å². The van der Waals surface area contributed by atoms with Crippen molar-refractivity contribution in [2.24, 2.45) is 0 Å². The minimum Gasteiger partial charge on any atom is -0.375 e. The Morgan fingerprint density at radius 3 is 2.33 bits per heavy atom. The molecule has 0 heterocycles. The largest absolute Gasteiger partial charge is 0.375 e. The van der Waals surface area contributed by atoms with Crippen LogP contribution in [0.4, 0.5) is 11.4 Å². The van der Waals surface area contributed by atoms with Crippen LogP contribution in [0.1, 0.15) is 30.4 Å². The number of amides is 1. The van der Waals surface area contributed by atoms with Gasteiger partial charge in [0.25, 0.3) is 0 Å². The van der Waals surface area contributed by atoms with Gasteiger partial charge >= 0.3 is 0 Å². The average Bonchev–Trinajstić information content (AvgIpc) is 2.70. The topological polar surface area (TPSA) is 69.7 Å². The van der Waals surface area contributed by atoms with Crippen LogP contribution in [-0.2, 0) is 14.8 Å². The maximum absolute atomic E-state index is 12.3. The van der Waals surface area contributed by atoms with Gasteiger partial charge in [-0.3, -0.25) is 9.10 Å². The Labute approximate surface area is 180 Å². The highest BCUT2D eigenvalue weighted by Gasteiger charge is 2.19. The summed E-state index contributed by atoms with van der Waals surface area (Å²) in [6.45, 7) is 5.61. The zero-order valence-corrected chi connectivity index (χ0v) is 19.2. The molecule has 0 aromatic heterocycles. The fraction of sp³-hybridized carbons (Fsp3) is 0.435. The predicted molar refractivity (Wildman–Crippen MR) is 125 cm³/mol. The Morgan fingerprint density at radius 2 is 1.67 bits per heavy atom. The number of carbonyl (C=O) groups excluding carboxylic acids is 1. The van der Waals surface area contributed by atoms with Gasteiger partial charge in [0.05, 0.1) is 11.9 Å². The van der Waals surface area contributed by atoms with Gasteiger partial charge in [-0.15, -0.1) is 0 Å². The summed E-state index contributed by atoms with van der Waals surface area (Å²) in [6, 6.07) is 15.7. The summed E-state index contributed by atoms with van der Waals surface area (Å²) in [7, 11) is -1.38. The maximum atomic E-state index is 12.3. The van der Waals surface area contributed by atoms with E-state index in [1.54, 1.807) is 0 Å². The molecule has 7 heteroatoms. The molecule has 0 fully saturated rings. The van der Waals surface area contributed by atoms with Crippen LogP contribution in [0.5, 0.6) is 0 Å². The standard InChI is InChI=1S/C23H33N3O3S/c1-19-11-8-14-22(20(19)2)26(30(4,28)29)18-9-15-23(27)24-16-10-17-25(3)21-12-6-5-7-13-21/h5-8,11-14H,9-10,15-18H2,1-4H3,(H,24,27). The van der Waals surface area contributed by atoms with Gasteiger partial charge in [-0.05, 0) is 56.0 Å². The van der Waals surface area contributed by atoms with E-state index in [0.717, 1.165) is 29.8 Å². The summed E-state index contributed by atoms with van der Waals surface area (Å²) in [4.78, 5) is 14.3. The number of carbonyl (C=O) groups is 1. The van der Waals surface area contributed by atoms with E-state index < -0.39 is 10.0 Å². The van der Waals surface area contributed by atoms with E-state index in [2.05, 4.69) is 22.3 Å². The quantitative estimate of drug-likeness (QED) is 0.553. The van der Waals surface area contributed by atoms with E-state index in [9.17, 15) is 13.2 Å². The number of nitrogens with one attached hydrogen (secondary N) is 1. The van der Waals surface area contributed by atoms with Crippen LogP contribution in [-0.4, -0.2) is 47.3 Å². The summed E-state index contributed by atoms with van der Waals surface area (Å²) >= 11 is 0. The molecule has 0 aliphatic rings. The number of anilines is 2. The Morgan fingerprint density at radius 1 is 0.967 bits per heavy atom. The first-order chi connectivity index (χ1) is 14.2. The van der Waals surface area contributed by atoms with Crippen LogP contribution >= 0.6 is 0 Å². The van der Waals surface area contributed by atoms with Crippen LogP contribution < -0.4 is 14.5 Å². The molecular formula is C23H33N3O3S. The molecule has 1 amide bonds. The van der Waals surface area contributed by atoms with E-state index >= 15 is 0 Å². The first-order valence-electron chi connectivity index (χ1n) is 10.3. The summed E-state index contributed by atoms with van der Waals surface area (Å²) in [5.41, 5.74) is 3.81. The molecule has 0 saturated carbocycles. The molecule has 30 heavy (non-hydrogen) atoms.